The maximum absolute atomic E-state index is 13.5. The Labute approximate surface area is 110 Å². The van der Waals surface area contributed by atoms with Gasteiger partial charge in [-0.2, -0.15) is 0 Å². The molecule has 0 aliphatic rings. The van der Waals surface area contributed by atoms with E-state index >= 15 is 0 Å². The molecule has 0 aliphatic heterocycles. The van der Waals surface area contributed by atoms with Crippen LogP contribution in [0.25, 0.3) is 0 Å². The monoisotopic (exact) mass is 303 g/mol. The van der Waals surface area contributed by atoms with Gasteiger partial charge in [-0.05, 0) is 18.2 Å². The van der Waals surface area contributed by atoms with Gasteiger partial charge >= 0.3 is 5.97 Å². The van der Waals surface area contributed by atoms with Crippen LogP contribution in [-0.2, 0) is 10.0 Å². The molecule has 0 unspecified atom stereocenters. The molecular formula is C9H6FN3O4S2. The fourth-order valence-corrected chi connectivity index (χ4v) is 3.03. The molecule has 1 aromatic carbocycles. The van der Waals surface area contributed by atoms with E-state index in [1.165, 1.54) is 0 Å². The number of nitrogens with one attached hydrogen (secondary N) is 1. The number of hydrogen-bond donors (Lipinski definition) is 2. The first kappa shape index (κ1) is 13.4. The Hall–Kier alpha value is -2.07. The highest BCUT2D eigenvalue weighted by atomic mass is 32.2. The number of nitrogens with zero attached hydrogens (tertiary/aromatic N) is 2. The van der Waals surface area contributed by atoms with Gasteiger partial charge in [0, 0.05) is 11.5 Å². The zero-order valence-corrected chi connectivity index (χ0v) is 10.7. The molecule has 19 heavy (non-hydrogen) atoms. The number of carboxylic acid groups (broad SMARTS) is 1. The SMILES string of the molecule is O=C(O)c1ccc(F)c(S(=O)(=O)Nc2cnns2)c1. The van der Waals surface area contributed by atoms with E-state index in [1.807, 2.05) is 0 Å². The van der Waals surface area contributed by atoms with Crippen LogP contribution in [0.15, 0.2) is 29.3 Å². The van der Waals surface area contributed by atoms with Gasteiger partial charge in [0.2, 0.25) is 0 Å². The van der Waals surface area contributed by atoms with Crippen LogP contribution in [0.3, 0.4) is 0 Å². The molecule has 1 heterocycles. The van der Waals surface area contributed by atoms with Crippen LogP contribution in [0.4, 0.5) is 9.39 Å². The molecule has 7 nitrogen and oxygen atoms in total. The minimum absolute atomic E-state index is 0.0973. The van der Waals surface area contributed by atoms with Crippen molar-refractivity contribution in [3.05, 3.63) is 35.8 Å². The number of rotatable bonds is 4. The molecule has 0 spiro atoms. The summed E-state index contributed by atoms with van der Waals surface area (Å²) in [7, 11) is -4.23. The quantitative estimate of drug-likeness (QED) is 0.877. The van der Waals surface area contributed by atoms with Gasteiger partial charge in [0.25, 0.3) is 10.0 Å². The van der Waals surface area contributed by atoms with Crippen LogP contribution in [-0.4, -0.2) is 29.1 Å². The molecule has 1 aromatic heterocycles. The number of sulfonamides is 1. The molecule has 0 bridgehead atoms. The maximum atomic E-state index is 13.5. The molecule has 0 fully saturated rings. The van der Waals surface area contributed by atoms with Crippen LogP contribution in [0, 0.1) is 5.82 Å². The summed E-state index contributed by atoms with van der Waals surface area (Å²) in [5, 5.41) is 12.3. The molecule has 0 amide bonds. The van der Waals surface area contributed by atoms with Crippen molar-refractivity contribution in [1.29, 1.82) is 0 Å². The van der Waals surface area contributed by atoms with Gasteiger partial charge in [0.1, 0.15) is 15.7 Å². The first-order valence-electron chi connectivity index (χ1n) is 4.73. The minimum atomic E-state index is -4.23. The van der Waals surface area contributed by atoms with E-state index < -0.39 is 26.7 Å². The molecule has 2 rings (SSSR count). The topological polar surface area (TPSA) is 109 Å². The lowest BCUT2D eigenvalue weighted by Gasteiger charge is -2.07. The smallest absolute Gasteiger partial charge is 0.335 e. The van der Waals surface area contributed by atoms with Crippen molar-refractivity contribution in [3.63, 3.8) is 0 Å². The Morgan fingerprint density at radius 3 is 2.74 bits per heavy atom. The van der Waals surface area contributed by atoms with E-state index in [2.05, 4.69) is 14.3 Å². The highest BCUT2D eigenvalue weighted by molar-refractivity contribution is 7.93. The molecule has 10 heteroatoms. The van der Waals surface area contributed by atoms with Crippen LogP contribution in [0.2, 0.25) is 0 Å². The predicted molar refractivity (Wildman–Crippen MR) is 64.1 cm³/mol. The Morgan fingerprint density at radius 1 is 1.42 bits per heavy atom. The van der Waals surface area contributed by atoms with Gasteiger partial charge in [-0.3, -0.25) is 4.72 Å². The number of aromatic nitrogens is 2. The van der Waals surface area contributed by atoms with Crippen LogP contribution < -0.4 is 4.72 Å². The summed E-state index contributed by atoms with van der Waals surface area (Å²) in [6.45, 7) is 0. The number of carboxylic acids is 1. The van der Waals surface area contributed by atoms with Gasteiger partial charge in [-0.15, -0.1) is 5.10 Å². The van der Waals surface area contributed by atoms with Crippen molar-refractivity contribution in [2.75, 3.05) is 4.72 Å². The normalized spacial score (nSPS) is 11.2. The molecule has 2 aromatic rings. The molecule has 2 N–H and O–H groups in total. The van der Waals surface area contributed by atoms with Gasteiger partial charge in [-0.25, -0.2) is 17.6 Å². The maximum Gasteiger partial charge on any atom is 0.335 e. The summed E-state index contributed by atoms with van der Waals surface area (Å²) < 4.78 is 42.8. The second kappa shape index (κ2) is 4.90. The van der Waals surface area contributed by atoms with Crippen LogP contribution >= 0.6 is 11.5 Å². The highest BCUT2D eigenvalue weighted by Gasteiger charge is 2.22. The standard InChI is InChI=1S/C9H6FN3O4S2/c10-6-2-1-5(9(14)15)3-7(6)19(16,17)12-8-4-11-13-18-8/h1-4,12H,(H,14,15). The van der Waals surface area contributed by atoms with Gasteiger partial charge in [-0.1, -0.05) is 4.49 Å². The molecule has 0 atom stereocenters. The third-order valence-electron chi connectivity index (χ3n) is 2.06. The van der Waals surface area contributed by atoms with Gasteiger partial charge in [0.15, 0.2) is 0 Å². The Balaban J connectivity index is 2.45. The number of hydrogen-bond acceptors (Lipinski definition) is 6. The zero-order valence-electron chi connectivity index (χ0n) is 9.07. The van der Waals surface area contributed by atoms with E-state index in [-0.39, 0.29) is 10.6 Å². The van der Waals surface area contributed by atoms with E-state index in [0.717, 1.165) is 35.9 Å². The molecular weight excluding hydrogens is 297 g/mol. The summed E-state index contributed by atoms with van der Waals surface area (Å²) in [5.74, 6) is -2.40. The summed E-state index contributed by atoms with van der Waals surface area (Å²) in [6, 6.07) is 2.50. The molecule has 0 aliphatic carbocycles. The summed E-state index contributed by atoms with van der Waals surface area (Å²) in [4.78, 5) is 10.0. The van der Waals surface area contributed by atoms with Crippen LogP contribution in [0.5, 0.6) is 0 Å². The largest absolute Gasteiger partial charge is 0.478 e. The molecule has 100 valence electrons. The van der Waals surface area contributed by atoms with Crippen molar-refractivity contribution >= 4 is 32.5 Å². The average molecular weight is 303 g/mol. The second-order valence-electron chi connectivity index (χ2n) is 3.34. The van der Waals surface area contributed by atoms with E-state index in [0.29, 0.717) is 0 Å². The fraction of sp³-hybridized carbons (Fsp3) is 0. The van der Waals surface area contributed by atoms with Crippen LogP contribution in [0.1, 0.15) is 10.4 Å². The Bertz CT molecular complexity index is 715. The van der Waals surface area contributed by atoms with E-state index in [1.54, 1.807) is 0 Å². The van der Waals surface area contributed by atoms with E-state index in [4.69, 9.17) is 5.11 Å². The van der Waals surface area contributed by atoms with Gasteiger partial charge in [0.05, 0.1) is 11.8 Å². The lowest BCUT2D eigenvalue weighted by atomic mass is 10.2. The number of carbonyl (C=O) groups is 1. The van der Waals surface area contributed by atoms with Gasteiger partial charge < -0.3 is 5.11 Å². The fourth-order valence-electron chi connectivity index (χ4n) is 1.24. The zero-order chi connectivity index (χ0) is 14.0. The lowest BCUT2D eigenvalue weighted by molar-refractivity contribution is 0.0696. The molecule has 0 saturated carbocycles. The number of benzene rings is 1. The third-order valence-corrected chi connectivity index (χ3v) is 4.15. The van der Waals surface area contributed by atoms with Crippen molar-refractivity contribution in [3.8, 4) is 0 Å². The minimum Gasteiger partial charge on any atom is -0.478 e. The molecule has 0 radical (unpaired) electrons. The predicted octanol–water partition coefficient (Wildman–Crippen LogP) is 1.18. The first-order valence-corrected chi connectivity index (χ1v) is 6.99. The summed E-state index contributed by atoms with van der Waals surface area (Å²) in [5.41, 5.74) is -0.329. The highest BCUT2D eigenvalue weighted by Crippen LogP contribution is 2.21. The Morgan fingerprint density at radius 2 is 2.16 bits per heavy atom. The second-order valence-corrected chi connectivity index (χ2v) is 5.77. The lowest BCUT2D eigenvalue weighted by Crippen LogP contribution is -2.15. The molecule has 0 saturated heterocycles. The summed E-state index contributed by atoms with van der Waals surface area (Å²) in [6.07, 6.45) is 1.15. The van der Waals surface area contributed by atoms with Crippen molar-refractivity contribution in [2.45, 2.75) is 4.90 Å². The number of anilines is 1. The Kier molecular flexibility index (Phi) is 3.44. The number of halogens is 1. The van der Waals surface area contributed by atoms with Crippen molar-refractivity contribution in [2.24, 2.45) is 0 Å². The third kappa shape index (κ3) is 2.85. The average Bonchev–Trinajstić information content (AvgIpc) is 2.81. The van der Waals surface area contributed by atoms with Crippen molar-refractivity contribution < 1.29 is 22.7 Å². The first-order chi connectivity index (χ1) is 8.90. The van der Waals surface area contributed by atoms with E-state index in [9.17, 15) is 17.6 Å². The van der Waals surface area contributed by atoms with Crippen molar-refractivity contribution in [1.82, 2.24) is 9.59 Å². The number of aromatic carboxylic acids is 1. The summed E-state index contributed by atoms with van der Waals surface area (Å²) >= 11 is 0.771.